The number of hydrogen-bond donors (Lipinski definition) is 1. The Kier molecular flexibility index (Phi) is 7.77. The Morgan fingerprint density at radius 3 is 2.89 bits per heavy atom. The number of nitrogens with zero attached hydrogens (tertiary/aromatic N) is 1. The molecule has 0 spiro atoms. The molecule has 1 fully saturated rings. The summed E-state index contributed by atoms with van der Waals surface area (Å²) < 4.78 is 12.8. The van der Waals surface area contributed by atoms with Crippen LogP contribution in [0.1, 0.15) is 29.2 Å². The van der Waals surface area contributed by atoms with Crippen LogP contribution in [-0.4, -0.2) is 49.0 Å². The third-order valence-electron chi connectivity index (χ3n) is 5.35. The van der Waals surface area contributed by atoms with E-state index in [2.05, 4.69) is 45.1 Å². The fraction of sp³-hybridized carbons (Fsp3) is 0.455. The predicted molar refractivity (Wildman–Crippen MR) is 116 cm³/mol. The van der Waals surface area contributed by atoms with E-state index in [4.69, 9.17) is 9.47 Å². The van der Waals surface area contributed by atoms with Gasteiger partial charge in [-0.15, -0.1) is 12.4 Å². The standard InChI is InChI=1S/C22H26BrNO3.ClH/c23-19-6-2-5-18(11-19)22-14-24(9-10-26-22)13-20(25)15-27-21-8-7-16-3-1-4-17(16)12-21;/h2,5-8,11-12,20,22,25H,1,3-4,9-10,13-15H2;1H. The van der Waals surface area contributed by atoms with E-state index in [1.165, 1.54) is 24.0 Å². The first-order valence-corrected chi connectivity index (χ1v) is 10.5. The molecule has 2 unspecified atom stereocenters. The van der Waals surface area contributed by atoms with Crippen LogP contribution in [-0.2, 0) is 17.6 Å². The molecule has 0 bridgehead atoms. The van der Waals surface area contributed by atoms with Gasteiger partial charge in [-0.2, -0.15) is 0 Å². The molecule has 1 N–H and O–H groups in total. The summed E-state index contributed by atoms with van der Waals surface area (Å²) in [5, 5.41) is 10.4. The number of hydrogen-bond acceptors (Lipinski definition) is 4. The summed E-state index contributed by atoms with van der Waals surface area (Å²) in [5.74, 6) is 0.865. The van der Waals surface area contributed by atoms with Crippen molar-refractivity contribution in [2.24, 2.45) is 0 Å². The molecule has 0 amide bonds. The number of halogens is 2. The highest BCUT2D eigenvalue weighted by Crippen LogP contribution is 2.27. The smallest absolute Gasteiger partial charge is 0.119 e. The van der Waals surface area contributed by atoms with E-state index in [1.54, 1.807) is 0 Å². The molecule has 1 aliphatic heterocycles. The molecule has 152 valence electrons. The molecular weight excluding hydrogens is 442 g/mol. The van der Waals surface area contributed by atoms with Gasteiger partial charge in [0, 0.05) is 24.1 Å². The Bertz CT molecular complexity index is 788. The maximum absolute atomic E-state index is 10.4. The monoisotopic (exact) mass is 467 g/mol. The summed E-state index contributed by atoms with van der Waals surface area (Å²) in [6.45, 7) is 3.21. The molecule has 28 heavy (non-hydrogen) atoms. The van der Waals surface area contributed by atoms with E-state index in [0.29, 0.717) is 19.8 Å². The molecule has 2 atom stereocenters. The SMILES string of the molecule is Cl.OC(COc1ccc2c(c1)CCC2)CN1CCOC(c2cccc(Br)c2)C1. The van der Waals surface area contributed by atoms with Crippen molar-refractivity contribution in [2.45, 2.75) is 31.5 Å². The van der Waals surface area contributed by atoms with Gasteiger partial charge in [0.05, 0.1) is 12.7 Å². The lowest BCUT2D eigenvalue weighted by Gasteiger charge is -2.34. The normalized spacial score (nSPS) is 20.3. The van der Waals surface area contributed by atoms with Crippen molar-refractivity contribution in [3.63, 3.8) is 0 Å². The number of rotatable bonds is 6. The fourth-order valence-electron chi connectivity index (χ4n) is 3.96. The molecule has 0 saturated carbocycles. The van der Waals surface area contributed by atoms with Crippen LogP contribution >= 0.6 is 28.3 Å². The van der Waals surface area contributed by atoms with Gasteiger partial charge in [0.1, 0.15) is 18.5 Å². The number of aliphatic hydroxyl groups excluding tert-OH is 1. The lowest BCUT2D eigenvalue weighted by Crippen LogP contribution is -2.43. The van der Waals surface area contributed by atoms with Gasteiger partial charge < -0.3 is 14.6 Å². The topological polar surface area (TPSA) is 41.9 Å². The Morgan fingerprint density at radius 1 is 1.18 bits per heavy atom. The van der Waals surface area contributed by atoms with Crippen LogP contribution in [0.5, 0.6) is 5.75 Å². The molecule has 2 aliphatic rings. The highest BCUT2D eigenvalue weighted by atomic mass is 79.9. The van der Waals surface area contributed by atoms with Crippen molar-refractivity contribution in [3.05, 3.63) is 63.6 Å². The van der Waals surface area contributed by atoms with E-state index in [0.717, 1.165) is 35.3 Å². The summed E-state index contributed by atoms with van der Waals surface area (Å²) in [7, 11) is 0. The second-order valence-corrected chi connectivity index (χ2v) is 8.34. The highest BCUT2D eigenvalue weighted by molar-refractivity contribution is 9.10. The zero-order valence-corrected chi connectivity index (χ0v) is 18.3. The van der Waals surface area contributed by atoms with Gasteiger partial charge in [0.25, 0.3) is 0 Å². The van der Waals surface area contributed by atoms with Crippen LogP contribution in [0.3, 0.4) is 0 Å². The second-order valence-electron chi connectivity index (χ2n) is 7.42. The summed E-state index contributed by atoms with van der Waals surface area (Å²) in [4.78, 5) is 2.26. The number of aryl methyl sites for hydroxylation is 2. The predicted octanol–water partition coefficient (Wildman–Crippen LogP) is 4.17. The van der Waals surface area contributed by atoms with E-state index in [-0.39, 0.29) is 18.5 Å². The molecule has 6 heteroatoms. The highest BCUT2D eigenvalue weighted by Gasteiger charge is 2.24. The first-order valence-electron chi connectivity index (χ1n) is 9.69. The average molecular weight is 469 g/mol. The van der Waals surface area contributed by atoms with Gasteiger partial charge in [-0.05, 0) is 60.2 Å². The minimum atomic E-state index is -0.514. The molecule has 1 aliphatic carbocycles. The van der Waals surface area contributed by atoms with E-state index in [9.17, 15) is 5.11 Å². The van der Waals surface area contributed by atoms with Gasteiger partial charge in [0.2, 0.25) is 0 Å². The van der Waals surface area contributed by atoms with E-state index < -0.39 is 6.10 Å². The van der Waals surface area contributed by atoms with Crippen molar-refractivity contribution in [1.82, 2.24) is 4.90 Å². The Morgan fingerprint density at radius 2 is 2.04 bits per heavy atom. The number of aliphatic hydroxyl groups is 1. The van der Waals surface area contributed by atoms with Crippen molar-refractivity contribution < 1.29 is 14.6 Å². The molecule has 0 aromatic heterocycles. The molecule has 2 aromatic rings. The Hall–Kier alpha value is -1.11. The molecule has 0 radical (unpaired) electrons. The van der Waals surface area contributed by atoms with Crippen LogP contribution in [0, 0.1) is 0 Å². The molecule has 1 heterocycles. The summed E-state index contributed by atoms with van der Waals surface area (Å²) in [5.41, 5.74) is 4.00. The lowest BCUT2D eigenvalue weighted by molar-refractivity contribution is -0.0459. The Balaban J connectivity index is 0.00000225. The molecular formula is C22H27BrClNO3. The summed E-state index contributed by atoms with van der Waals surface area (Å²) in [6.07, 6.45) is 3.08. The maximum Gasteiger partial charge on any atom is 0.119 e. The fourth-order valence-corrected chi connectivity index (χ4v) is 4.37. The Labute approximate surface area is 181 Å². The summed E-state index contributed by atoms with van der Waals surface area (Å²) >= 11 is 3.52. The number of benzene rings is 2. The molecule has 4 nitrogen and oxygen atoms in total. The minimum Gasteiger partial charge on any atom is -0.491 e. The van der Waals surface area contributed by atoms with Crippen LogP contribution in [0.4, 0.5) is 0 Å². The third kappa shape index (κ3) is 5.49. The second kappa shape index (κ2) is 10.1. The van der Waals surface area contributed by atoms with Crippen LogP contribution in [0.15, 0.2) is 46.9 Å². The summed E-state index contributed by atoms with van der Waals surface area (Å²) in [6, 6.07) is 14.6. The van der Waals surface area contributed by atoms with Crippen molar-refractivity contribution in [2.75, 3.05) is 32.8 Å². The van der Waals surface area contributed by atoms with Gasteiger partial charge in [-0.1, -0.05) is 34.1 Å². The van der Waals surface area contributed by atoms with E-state index in [1.807, 2.05) is 18.2 Å². The van der Waals surface area contributed by atoms with Gasteiger partial charge in [-0.25, -0.2) is 0 Å². The van der Waals surface area contributed by atoms with Crippen LogP contribution in [0.25, 0.3) is 0 Å². The average Bonchev–Trinajstić information content (AvgIpc) is 3.14. The van der Waals surface area contributed by atoms with Crippen molar-refractivity contribution in [3.8, 4) is 5.75 Å². The molecule has 1 saturated heterocycles. The lowest BCUT2D eigenvalue weighted by atomic mass is 10.1. The first kappa shape index (κ1) is 21.6. The largest absolute Gasteiger partial charge is 0.491 e. The van der Waals surface area contributed by atoms with Gasteiger partial charge in [0.15, 0.2) is 0 Å². The van der Waals surface area contributed by atoms with Crippen LogP contribution < -0.4 is 4.74 Å². The first-order chi connectivity index (χ1) is 13.2. The third-order valence-corrected chi connectivity index (χ3v) is 5.85. The number of ether oxygens (including phenoxy) is 2. The number of β-amino-alcohol motifs (C(OH)–C–C–N with tert-alkyl or cyclic N) is 1. The number of fused-ring (bicyclic) bond motifs is 1. The van der Waals surface area contributed by atoms with Gasteiger partial charge >= 0.3 is 0 Å². The van der Waals surface area contributed by atoms with Crippen molar-refractivity contribution >= 4 is 28.3 Å². The van der Waals surface area contributed by atoms with Crippen LogP contribution in [0.2, 0.25) is 0 Å². The molecule has 4 rings (SSSR count). The maximum atomic E-state index is 10.4. The number of morpholine rings is 1. The minimum absolute atomic E-state index is 0. The zero-order chi connectivity index (χ0) is 18.6. The zero-order valence-electron chi connectivity index (χ0n) is 15.9. The van der Waals surface area contributed by atoms with Crippen molar-refractivity contribution in [1.29, 1.82) is 0 Å². The van der Waals surface area contributed by atoms with E-state index >= 15 is 0 Å². The quantitative estimate of drug-likeness (QED) is 0.691. The van der Waals surface area contributed by atoms with Gasteiger partial charge in [-0.3, -0.25) is 4.90 Å². The molecule has 2 aromatic carbocycles.